The molecule has 3 aromatic rings. The fourth-order valence-corrected chi connectivity index (χ4v) is 3.75. The Morgan fingerprint density at radius 2 is 1.79 bits per heavy atom. The smallest absolute Gasteiger partial charge is 0.325 e. The molecule has 2 heterocycles. The zero-order valence-electron chi connectivity index (χ0n) is 15.4. The molecule has 4 rings (SSSR count). The molecular formula is C21H18FN3O3. The Balaban J connectivity index is 1.66. The van der Waals surface area contributed by atoms with Gasteiger partial charge in [0.25, 0.3) is 5.91 Å². The number of para-hydroxylation sites is 1. The van der Waals surface area contributed by atoms with Crippen LogP contribution in [0.4, 0.5) is 9.18 Å². The lowest BCUT2D eigenvalue weighted by atomic mass is 9.91. The van der Waals surface area contributed by atoms with Crippen LogP contribution in [-0.4, -0.2) is 34.2 Å². The van der Waals surface area contributed by atoms with Gasteiger partial charge in [-0.3, -0.25) is 14.5 Å². The van der Waals surface area contributed by atoms with Crippen LogP contribution in [0.1, 0.15) is 28.5 Å². The Labute approximate surface area is 160 Å². The molecule has 1 aromatic heterocycles. The van der Waals surface area contributed by atoms with Crippen molar-refractivity contribution in [1.29, 1.82) is 0 Å². The highest BCUT2D eigenvalue weighted by Gasteiger charge is 2.50. The minimum atomic E-state index is -1.56. The number of ketones is 1. The highest BCUT2D eigenvalue weighted by Crippen LogP contribution is 2.31. The van der Waals surface area contributed by atoms with Crippen LogP contribution >= 0.6 is 0 Å². The number of hydrogen-bond donors (Lipinski definition) is 2. The third-order valence-corrected chi connectivity index (χ3v) is 5.16. The Bertz CT molecular complexity index is 1140. The number of nitrogens with zero attached hydrogens (tertiary/aromatic N) is 1. The molecule has 1 saturated heterocycles. The molecule has 6 nitrogen and oxygen atoms in total. The number of urea groups is 1. The standard InChI is InChI=1S/C21H18FN3O3/c1-12-18(13-7-3-6-10-16(13)23-12)17(26)11-25-19(27)21(2,24-20(25)28)14-8-4-5-9-15(14)22/h3-10,23H,11H2,1-2H3,(H,24,28). The predicted octanol–water partition coefficient (Wildman–Crippen LogP) is 3.27. The molecule has 1 aliphatic heterocycles. The molecular weight excluding hydrogens is 361 g/mol. The molecule has 0 spiro atoms. The fraction of sp³-hybridized carbons (Fsp3) is 0.190. The van der Waals surface area contributed by atoms with Gasteiger partial charge < -0.3 is 10.3 Å². The first-order chi connectivity index (χ1) is 13.3. The van der Waals surface area contributed by atoms with Crippen LogP contribution < -0.4 is 5.32 Å². The summed E-state index contributed by atoms with van der Waals surface area (Å²) in [6, 6.07) is 12.4. The summed E-state index contributed by atoms with van der Waals surface area (Å²) in [5, 5.41) is 3.26. The van der Waals surface area contributed by atoms with E-state index in [9.17, 15) is 18.8 Å². The lowest BCUT2D eigenvalue weighted by Crippen LogP contribution is -2.42. The van der Waals surface area contributed by atoms with Gasteiger partial charge >= 0.3 is 6.03 Å². The summed E-state index contributed by atoms with van der Waals surface area (Å²) in [5.41, 5.74) is 0.409. The van der Waals surface area contributed by atoms with Crippen molar-refractivity contribution in [2.24, 2.45) is 0 Å². The Hall–Kier alpha value is -3.48. The van der Waals surface area contributed by atoms with Crippen molar-refractivity contribution in [1.82, 2.24) is 15.2 Å². The minimum absolute atomic E-state index is 0.0616. The molecule has 7 heteroatoms. The normalized spacial score (nSPS) is 19.3. The van der Waals surface area contributed by atoms with Crippen LogP contribution in [0.3, 0.4) is 0 Å². The van der Waals surface area contributed by atoms with Crippen LogP contribution in [0.5, 0.6) is 0 Å². The second-order valence-electron chi connectivity index (χ2n) is 7.02. The third kappa shape index (κ3) is 2.58. The van der Waals surface area contributed by atoms with E-state index in [1.54, 1.807) is 19.1 Å². The summed E-state index contributed by atoms with van der Waals surface area (Å²) in [7, 11) is 0. The number of aromatic nitrogens is 1. The average Bonchev–Trinajstić information content (AvgIpc) is 3.10. The van der Waals surface area contributed by atoms with Gasteiger partial charge in [0.05, 0.1) is 6.54 Å². The number of imide groups is 1. The van der Waals surface area contributed by atoms with Crippen molar-refractivity contribution in [3.05, 3.63) is 71.2 Å². The van der Waals surface area contributed by atoms with Crippen LogP contribution in [-0.2, 0) is 10.3 Å². The van der Waals surface area contributed by atoms with E-state index in [2.05, 4.69) is 10.3 Å². The maximum Gasteiger partial charge on any atom is 0.325 e. The minimum Gasteiger partial charge on any atom is -0.358 e. The van der Waals surface area contributed by atoms with E-state index in [1.165, 1.54) is 25.1 Å². The molecule has 1 unspecified atom stereocenters. The van der Waals surface area contributed by atoms with Crippen LogP contribution in [0.25, 0.3) is 10.9 Å². The molecule has 28 heavy (non-hydrogen) atoms. The second kappa shape index (κ2) is 6.30. The first kappa shape index (κ1) is 17.9. The monoisotopic (exact) mass is 379 g/mol. The highest BCUT2D eigenvalue weighted by molar-refractivity contribution is 6.15. The van der Waals surface area contributed by atoms with Crippen molar-refractivity contribution >= 4 is 28.6 Å². The Morgan fingerprint density at radius 1 is 1.11 bits per heavy atom. The SMILES string of the molecule is Cc1[nH]c2ccccc2c1C(=O)CN1C(=O)NC(C)(c2ccccc2F)C1=O. The number of carbonyl (C=O) groups excluding carboxylic acids is 3. The highest BCUT2D eigenvalue weighted by atomic mass is 19.1. The number of Topliss-reactive ketones (excluding diaryl/α,β-unsaturated/α-hetero) is 1. The van der Waals surface area contributed by atoms with Crippen LogP contribution in [0, 0.1) is 12.7 Å². The number of aromatic amines is 1. The molecule has 3 amide bonds. The topological polar surface area (TPSA) is 82.3 Å². The van der Waals surface area contributed by atoms with Crippen LogP contribution in [0.15, 0.2) is 48.5 Å². The van der Waals surface area contributed by atoms with Crippen molar-refractivity contribution in [2.75, 3.05) is 6.54 Å². The lowest BCUT2D eigenvalue weighted by Gasteiger charge is -2.22. The molecule has 1 atom stereocenters. The number of benzene rings is 2. The van der Waals surface area contributed by atoms with Gasteiger partial charge in [0.15, 0.2) is 5.78 Å². The number of halogens is 1. The zero-order chi connectivity index (χ0) is 20.1. The van der Waals surface area contributed by atoms with Gasteiger partial charge in [0.2, 0.25) is 0 Å². The summed E-state index contributed by atoms with van der Waals surface area (Å²) >= 11 is 0. The number of aryl methyl sites for hydroxylation is 1. The Morgan fingerprint density at radius 3 is 2.54 bits per heavy atom. The van der Waals surface area contributed by atoms with Crippen molar-refractivity contribution in [3.8, 4) is 0 Å². The summed E-state index contributed by atoms with van der Waals surface area (Å²) in [6.45, 7) is 2.78. The number of amides is 3. The van der Waals surface area contributed by atoms with E-state index in [0.29, 0.717) is 11.3 Å². The number of fused-ring (bicyclic) bond motifs is 1. The van der Waals surface area contributed by atoms with E-state index >= 15 is 0 Å². The quantitative estimate of drug-likeness (QED) is 0.539. The van der Waals surface area contributed by atoms with Crippen molar-refractivity contribution < 1.29 is 18.8 Å². The van der Waals surface area contributed by atoms with Gasteiger partial charge in [-0.2, -0.15) is 0 Å². The second-order valence-corrected chi connectivity index (χ2v) is 7.02. The van der Waals surface area contributed by atoms with Gasteiger partial charge in [-0.15, -0.1) is 0 Å². The number of H-pyrrole nitrogens is 1. The summed E-state index contributed by atoms with van der Waals surface area (Å²) in [4.78, 5) is 42.3. The Kier molecular flexibility index (Phi) is 4.03. The molecule has 0 radical (unpaired) electrons. The van der Waals surface area contributed by atoms with Crippen molar-refractivity contribution in [2.45, 2.75) is 19.4 Å². The lowest BCUT2D eigenvalue weighted by molar-refractivity contribution is -0.130. The molecule has 0 saturated carbocycles. The van der Waals surface area contributed by atoms with E-state index in [-0.39, 0.29) is 11.3 Å². The summed E-state index contributed by atoms with van der Waals surface area (Å²) in [5.74, 6) is -1.62. The fourth-order valence-electron chi connectivity index (χ4n) is 3.75. The largest absolute Gasteiger partial charge is 0.358 e. The number of carbonyl (C=O) groups is 3. The van der Waals surface area contributed by atoms with E-state index in [4.69, 9.17) is 0 Å². The van der Waals surface area contributed by atoms with Crippen LogP contribution in [0.2, 0.25) is 0 Å². The first-order valence-electron chi connectivity index (χ1n) is 8.82. The van der Waals surface area contributed by atoms with E-state index in [1.807, 2.05) is 18.2 Å². The number of rotatable bonds is 4. The van der Waals surface area contributed by atoms with E-state index < -0.39 is 29.8 Å². The predicted molar refractivity (Wildman–Crippen MR) is 101 cm³/mol. The first-order valence-corrected chi connectivity index (χ1v) is 8.82. The maximum atomic E-state index is 14.2. The van der Waals surface area contributed by atoms with Gasteiger partial charge in [0, 0.05) is 27.7 Å². The maximum absolute atomic E-state index is 14.2. The number of hydrogen-bond acceptors (Lipinski definition) is 3. The molecule has 0 aliphatic carbocycles. The average molecular weight is 379 g/mol. The summed E-state index contributed by atoms with van der Waals surface area (Å²) < 4.78 is 14.2. The molecule has 1 aliphatic rings. The third-order valence-electron chi connectivity index (χ3n) is 5.16. The summed E-state index contributed by atoms with van der Waals surface area (Å²) in [6.07, 6.45) is 0. The van der Waals surface area contributed by atoms with Gasteiger partial charge in [-0.1, -0.05) is 36.4 Å². The number of nitrogens with one attached hydrogen (secondary N) is 2. The zero-order valence-corrected chi connectivity index (χ0v) is 15.4. The van der Waals surface area contributed by atoms with Gasteiger partial charge in [0.1, 0.15) is 11.4 Å². The molecule has 142 valence electrons. The molecule has 2 N–H and O–H groups in total. The van der Waals surface area contributed by atoms with E-state index in [0.717, 1.165) is 15.8 Å². The molecule has 1 fully saturated rings. The van der Waals surface area contributed by atoms with Gasteiger partial charge in [-0.05, 0) is 26.0 Å². The van der Waals surface area contributed by atoms with Crippen molar-refractivity contribution in [3.63, 3.8) is 0 Å². The van der Waals surface area contributed by atoms with Gasteiger partial charge in [-0.25, -0.2) is 9.18 Å². The molecule has 2 aromatic carbocycles. The molecule has 0 bridgehead atoms.